The van der Waals surface area contributed by atoms with E-state index in [1.807, 2.05) is 0 Å². The fourth-order valence-electron chi connectivity index (χ4n) is 2.52. The summed E-state index contributed by atoms with van der Waals surface area (Å²) in [7, 11) is 0. The molecule has 0 aromatic heterocycles. The van der Waals surface area contributed by atoms with Gasteiger partial charge in [-0.2, -0.15) is 0 Å². The van der Waals surface area contributed by atoms with Gasteiger partial charge in [0.1, 0.15) is 0 Å². The molecule has 0 aliphatic carbocycles. The van der Waals surface area contributed by atoms with Crippen molar-refractivity contribution in [3.63, 3.8) is 0 Å². The van der Waals surface area contributed by atoms with Crippen LogP contribution in [0.2, 0.25) is 0 Å². The van der Waals surface area contributed by atoms with Gasteiger partial charge in [0.2, 0.25) is 0 Å². The number of unbranched alkanes of at least 4 members (excludes halogenated alkanes) is 3. The van der Waals surface area contributed by atoms with Crippen LogP contribution in [0.3, 0.4) is 0 Å². The van der Waals surface area contributed by atoms with Crippen LogP contribution >= 0.6 is 0 Å². The summed E-state index contributed by atoms with van der Waals surface area (Å²) < 4.78 is 10.6. The highest BCUT2D eigenvalue weighted by Crippen LogP contribution is 2.14. The lowest BCUT2D eigenvalue weighted by Gasteiger charge is -2.14. The molecule has 1 unspecified atom stereocenters. The summed E-state index contributed by atoms with van der Waals surface area (Å²) in [5, 5.41) is 0. The first-order chi connectivity index (χ1) is 12.1. The van der Waals surface area contributed by atoms with Crippen molar-refractivity contribution in [1.29, 1.82) is 0 Å². The maximum absolute atomic E-state index is 12.1. The molecule has 0 amide bonds. The number of ether oxygens (including phenoxy) is 2. The van der Waals surface area contributed by atoms with Crippen LogP contribution in [0.5, 0.6) is 0 Å². The Balaban J connectivity index is 2.46. The third kappa shape index (κ3) is 8.19. The standard InChI is InChI=1S/C21H32O4/c1-4-7-9-15-24-20(22)18-11-13-19(14-12-18)21(23)25-16-17(6-3)10-8-5-2/h11-14,17H,4-10,15-16H2,1-3H3. The average Bonchev–Trinajstić information content (AvgIpc) is 2.65. The van der Waals surface area contributed by atoms with Gasteiger partial charge in [-0.3, -0.25) is 0 Å². The Morgan fingerprint density at radius 3 is 1.92 bits per heavy atom. The molecule has 1 rings (SSSR count). The molecule has 0 saturated heterocycles. The minimum absolute atomic E-state index is 0.335. The predicted octanol–water partition coefficient (Wildman–Crippen LogP) is 5.41. The molecular formula is C21H32O4. The summed E-state index contributed by atoms with van der Waals surface area (Å²) in [6.45, 7) is 7.28. The fraction of sp³-hybridized carbons (Fsp3) is 0.619. The Bertz CT molecular complexity index is 507. The van der Waals surface area contributed by atoms with Gasteiger partial charge in [-0.1, -0.05) is 52.9 Å². The Kier molecular flexibility index (Phi) is 10.6. The molecule has 0 saturated carbocycles. The number of esters is 2. The van der Waals surface area contributed by atoms with Gasteiger partial charge in [0, 0.05) is 0 Å². The molecule has 0 aliphatic heterocycles. The minimum atomic E-state index is -0.346. The lowest BCUT2D eigenvalue weighted by atomic mass is 10.0. The van der Waals surface area contributed by atoms with Crippen LogP contribution in [0, 0.1) is 5.92 Å². The molecule has 0 fully saturated rings. The van der Waals surface area contributed by atoms with Gasteiger partial charge in [-0.15, -0.1) is 0 Å². The van der Waals surface area contributed by atoms with Gasteiger partial charge < -0.3 is 9.47 Å². The number of benzene rings is 1. The number of rotatable bonds is 12. The van der Waals surface area contributed by atoms with Crippen LogP contribution in [0.25, 0.3) is 0 Å². The summed E-state index contributed by atoms with van der Waals surface area (Å²) in [5.74, 6) is -0.263. The molecule has 25 heavy (non-hydrogen) atoms. The van der Waals surface area contributed by atoms with Crippen LogP contribution in [-0.4, -0.2) is 25.2 Å². The van der Waals surface area contributed by atoms with Crippen LogP contribution in [0.4, 0.5) is 0 Å². The molecule has 140 valence electrons. The number of carbonyl (C=O) groups is 2. The molecule has 0 radical (unpaired) electrons. The maximum Gasteiger partial charge on any atom is 0.338 e. The van der Waals surface area contributed by atoms with E-state index in [0.29, 0.717) is 30.3 Å². The van der Waals surface area contributed by atoms with Crippen LogP contribution in [0.15, 0.2) is 24.3 Å². The Morgan fingerprint density at radius 1 is 0.840 bits per heavy atom. The average molecular weight is 348 g/mol. The first-order valence-electron chi connectivity index (χ1n) is 9.56. The van der Waals surface area contributed by atoms with Crippen molar-refractivity contribution in [2.24, 2.45) is 5.92 Å². The smallest absolute Gasteiger partial charge is 0.338 e. The van der Waals surface area contributed by atoms with E-state index in [0.717, 1.165) is 44.9 Å². The second-order valence-electron chi connectivity index (χ2n) is 6.44. The number of hydrogen-bond acceptors (Lipinski definition) is 4. The zero-order valence-electron chi connectivity index (χ0n) is 15.9. The third-order valence-electron chi connectivity index (χ3n) is 4.33. The summed E-state index contributed by atoms with van der Waals surface area (Å²) in [4.78, 5) is 24.0. The SMILES string of the molecule is CCCCCOC(=O)c1ccc(C(=O)OCC(CC)CCCC)cc1. The van der Waals surface area contributed by atoms with Crippen molar-refractivity contribution in [2.45, 2.75) is 65.7 Å². The highest BCUT2D eigenvalue weighted by atomic mass is 16.5. The Hall–Kier alpha value is -1.84. The molecule has 1 atom stereocenters. The molecule has 0 N–H and O–H groups in total. The molecule has 4 nitrogen and oxygen atoms in total. The third-order valence-corrected chi connectivity index (χ3v) is 4.33. The highest BCUT2D eigenvalue weighted by molar-refractivity contribution is 5.93. The molecular weight excluding hydrogens is 316 g/mol. The lowest BCUT2D eigenvalue weighted by Crippen LogP contribution is -2.14. The van der Waals surface area contributed by atoms with E-state index in [1.54, 1.807) is 24.3 Å². The second kappa shape index (κ2) is 12.5. The molecule has 0 heterocycles. The van der Waals surface area contributed by atoms with Gasteiger partial charge in [0.05, 0.1) is 24.3 Å². The molecule has 0 aliphatic rings. The van der Waals surface area contributed by atoms with Gasteiger partial charge >= 0.3 is 11.9 Å². The van der Waals surface area contributed by atoms with Crippen molar-refractivity contribution in [3.05, 3.63) is 35.4 Å². The summed E-state index contributed by atoms with van der Waals surface area (Å²) in [6, 6.07) is 6.48. The van der Waals surface area contributed by atoms with Crippen LogP contribution < -0.4 is 0 Å². The van der Waals surface area contributed by atoms with Crippen molar-refractivity contribution in [2.75, 3.05) is 13.2 Å². The van der Waals surface area contributed by atoms with Crippen molar-refractivity contribution in [3.8, 4) is 0 Å². The normalized spacial score (nSPS) is 11.8. The molecule has 0 spiro atoms. The topological polar surface area (TPSA) is 52.6 Å². The van der Waals surface area contributed by atoms with Crippen molar-refractivity contribution in [1.82, 2.24) is 0 Å². The van der Waals surface area contributed by atoms with E-state index in [4.69, 9.17) is 9.47 Å². The first kappa shape index (κ1) is 21.2. The van der Waals surface area contributed by atoms with E-state index < -0.39 is 0 Å². The maximum atomic E-state index is 12.1. The van der Waals surface area contributed by atoms with Gasteiger partial charge in [0.15, 0.2) is 0 Å². The summed E-state index contributed by atoms with van der Waals surface area (Å²) >= 11 is 0. The molecule has 1 aromatic rings. The summed E-state index contributed by atoms with van der Waals surface area (Å²) in [6.07, 6.45) is 7.43. The predicted molar refractivity (Wildman–Crippen MR) is 99.8 cm³/mol. The van der Waals surface area contributed by atoms with Crippen LogP contribution in [-0.2, 0) is 9.47 Å². The highest BCUT2D eigenvalue weighted by Gasteiger charge is 2.13. The number of hydrogen-bond donors (Lipinski definition) is 0. The molecule has 0 bridgehead atoms. The number of carbonyl (C=O) groups excluding carboxylic acids is 2. The van der Waals surface area contributed by atoms with Crippen molar-refractivity contribution < 1.29 is 19.1 Å². The van der Waals surface area contributed by atoms with E-state index in [9.17, 15) is 9.59 Å². The zero-order chi connectivity index (χ0) is 18.5. The monoisotopic (exact) mass is 348 g/mol. The quantitative estimate of drug-likeness (QED) is 0.374. The fourth-order valence-corrected chi connectivity index (χ4v) is 2.52. The largest absolute Gasteiger partial charge is 0.462 e. The van der Waals surface area contributed by atoms with Crippen LogP contribution in [0.1, 0.15) is 86.4 Å². The molecule has 1 aromatic carbocycles. The van der Waals surface area contributed by atoms with Crippen molar-refractivity contribution >= 4 is 11.9 Å². The van der Waals surface area contributed by atoms with E-state index in [2.05, 4.69) is 20.8 Å². The lowest BCUT2D eigenvalue weighted by molar-refractivity contribution is 0.0425. The molecule has 4 heteroatoms. The zero-order valence-corrected chi connectivity index (χ0v) is 15.9. The van der Waals surface area contributed by atoms with Gasteiger partial charge in [0.25, 0.3) is 0 Å². The van der Waals surface area contributed by atoms with E-state index >= 15 is 0 Å². The van der Waals surface area contributed by atoms with Gasteiger partial charge in [-0.25, -0.2) is 9.59 Å². The van der Waals surface area contributed by atoms with E-state index in [1.165, 1.54) is 0 Å². The van der Waals surface area contributed by atoms with Gasteiger partial charge in [-0.05, 0) is 43.0 Å². The van der Waals surface area contributed by atoms with E-state index in [-0.39, 0.29) is 11.9 Å². The Morgan fingerprint density at radius 2 is 1.40 bits per heavy atom. The summed E-state index contributed by atoms with van der Waals surface area (Å²) in [5.41, 5.74) is 0.926. The minimum Gasteiger partial charge on any atom is -0.462 e. The second-order valence-corrected chi connectivity index (χ2v) is 6.44. The first-order valence-corrected chi connectivity index (χ1v) is 9.56. The Labute approximate surface area is 151 Å².